The molecule has 3 aromatic rings. The lowest BCUT2D eigenvalue weighted by molar-refractivity contribution is -0.385. The Morgan fingerprint density at radius 2 is 1.78 bits per heavy atom. The number of nitrogens with one attached hydrogen (secondary N) is 1. The molecule has 0 spiro atoms. The summed E-state index contributed by atoms with van der Waals surface area (Å²) >= 11 is 0. The zero-order valence-electron chi connectivity index (χ0n) is 20.1. The van der Waals surface area contributed by atoms with Gasteiger partial charge in [-0.15, -0.1) is 0 Å². The molecule has 0 amide bonds. The highest BCUT2D eigenvalue weighted by Gasteiger charge is 2.57. The second kappa shape index (κ2) is 10.9. The highest BCUT2D eigenvalue weighted by atomic mass is 16.7. The van der Waals surface area contributed by atoms with Crippen molar-refractivity contribution in [1.29, 1.82) is 0 Å². The number of aromatic amines is 1. The Balaban J connectivity index is 1.56. The number of fused-ring (bicyclic) bond motifs is 1. The summed E-state index contributed by atoms with van der Waals surface area (Å²) in [4.78, 5) is 14.6. The lowest BCUT2D eigenvalue weighted by Gasteiger charge is -2.45. The fourth-order valence-corrected chi connectivity index (χ4v) is 4.23. The van der Waals surface area contributed by atoms with Crippen molar-refractivity contribution in [3.05, 3.63) is 65.4 Å². The lowest BCUT2D eigenvalue weighted by Crippen LogP contribution is -2.69. The third-order valence-corrected chi connectivity index (χ3v) is 6.26. The number of aliphatic hydroxyl groups excluding tert-OH is 3. The van der Waals surface area contributed by atoms with Crippen molar-refractivity contribution in [2.24, 2.45) is 0 Å². The molecule has 1 fully saturated rings. The number of hydrogen-bond acceptors (Lipinski definition) is 9. The van der Waals surface area contributed by atoms with Crippen LogP contribution < -0.4 is 4.74 Å². The topological polar surface area (TPSA) is 151 Å². The molecule has 36 heavy (non-hydrogen) atoms. The van der Waals surface area contributed by atoms with Crippen molar-refractivity contribution in [2.45, 2.75) is 57.1 Å². The molecule has 10 heteroatoms. The zero-order chi connectivity index (χ0) is 25.9. The highest BCUT2D eigenvalue weighted by Crippen LogP contribution is 2.37. The van der Waals surface area contributed by atoms with Crippen LogP contribution in [-0.4, -0.2) is 75.2 Å². The quantitative estimate of drug-likeness (QED) is 0.231. The number of benzene rings is 2. The predicted molar refractivity (Wildman–Crippen MR) is 128 cm³/mol. The summed E-state index contributed by atoms with van der Waals surface area (Å²) in [5.41, 5.74) is 3.89. The normalized spacial score (nSPS) is 26.1. The van der Waals surface area contributed by atoms with Crippen molar-refractivity contribution in [3.63, 3.8) is 0 Å². The van der Waals surface area contributed by atoms with Crippen LogP contribution in [0.15, 0.2) is 48.7 Å². The van der Waals surface area contributed by atoms with E-state index in [9.17, 15) is 25.2 Å². The summed E-state index contributed by atoms with van der Waals surface area (Å²) < 4.78 is 20.5. The Morgan fingerprint density at radius 1 is 1.06 bits per heavy atom. The van der Waals surface area contributed by atoms with Crippen LogP contribution >= 0.6 is 0 Å². The second-order valence-electron chi connectivity index (χ2n) is 8.65. The average molecular weight is 502 g/mol. The Hall–Kier alpha value is -3.15. The molecular weight excluding hydrogens is 470 g/mol. The minimum atomic E-state index is -2.70. The maximum Gasteiger partial charge on any atom is 0.508 e. The number of H-pyrrole nitrogens is 1. The van der Waals surface area contributed by atoms with Gasteiger partial charge in [-0.1, -0.05) is 37.3 Å². The summed E-state index contributed by atoms with van der Waals surface area (Å²) in [5, 5.41) is 43.5. The Kier molecular flexibility index (Phi) is 7.82. The lowest BCUT2D eigenvalue weighted by atomic mass is 9.95. The number of aliphatic hydroxyl groups is 4. The molecule has 5 N–H and O–H groups in total. The van der Waals surface area contributed by atoms with E-state index in [1.54, 1.807) is 19.1 Å². The molecule has 4 rings (SSSR count). The van der Waals surface area contributed by atoms with Crippen molar-refractivity contribution < 1.29 is 44.2 Å². The van der Waals surface area contributed by atoms with E-state index in [4.69, 9.17) is 14.2 Å². The summed E-state index contributed by atoms with van der Waals surface area (Å²) in [5.74, 6) is -2.53. The van der Waals surface area contributed by atoms with Crippen LogP contribution in [0.4, 0.5) is 4.79 Å². The van der Waals surface area contributed by atoms with Crippen LogP contribution in [0.1, 0.15) is 30.5 Å². The van der Waals surface area contributed by atoms with Crippen LogP contribution in [0.25, 0.3) is 10.9 Å². The number of rotatable bonds is 8. The first kappa shape index (κ1) is 25.9. The first-order chi connectivity index (χ1) is 17.3. The molecule has 1 aromatic heterocycles. The van der Waals surface area contributed by atoms with Crippen LogP contribution in [-0.2, 0) is 27.1 Å². The van der Waals surface area contributed by atoms with E-state index in [-0.39, 0.29) is 12.4 Å². The minimum Gasteiger partial charge on any atom is -0.454 e. The molecule has 5 atom stereocenters. The van der Waals surface area contributed by atoms with E-state index >= 15 is 0 Å². The molecule has 0 unspecified atom stereocenters. The highest BCUT2D eigenvalue weighted by molar-refractivity contribution is 5.89. The molecule has 0 radical (unpaired) electrons. The summed E-state index contributed by atoms with van der Waals surface area (Å²) in [6.07, 6.45) is -4.77. The molecule has 0 aliphatic carbocycles. The first-order valence-electron chi connectivity index (χ1n) is 11.8. The van der Waals surface area contributed by atoms with Crippen LogP contribution in [0.5, 0.6) is 5.75 Å². The van der Waals surface area contributed by atoms with Gasteiger partial charge in [-0.05, 0) is 48.6 Å². The van der Waals surface area contributed by atoms with Gasteiger partial charge in [0.05, 0.1) is 6.61 Å². The monoisotopic (exact) mass is 501 g/mol. The molecule has 0 bridgehead atoms. The second-order valence-corrected chi connectivity index (χ2v) is 8.65. The smallest absolute Gasteiger partial charge is 0.454 e. The molecule has 1 saturated heterocycles. The number of aryl methyl sites for hydroxylation is 1. The van der Waals surface area contributed by atoms with Gasteiger partial charge in [0.15, 0.2) is 6.10 Å². The van der Waals surface area contributed by atoms with Gasteiger partial charge in [0.25, 0.3) is 5.79 Å². The van der Waals surface area contributed by atoms with E-state index in [0.717, 1.165) is 23.1 Å². The number of carbonyl (C=O) groups excluding carboxylic acids is 1. The van der Waals surface area contributed by atoms with Gasteiger partial charge in [0.1, 0.15) is 24.6 Å². The SMILES string of the molecule is CCOC(=O)OC[C@H]1O[C@@H](O)[C@@](O)(Oc2cccc3[nH]cc(Cc4ccc(CC)cc4)c23)[C@@H](O)[C@@H]1O. The van der Waals surface area contributed by atoms with Gasteiger partial charge >= 0.3 is 6.16 Å². The van der Waals surface area contributed by atoms with Crippen molar-refractivity contribution in [1.82, 2.24) is 4.98 Å². The van der Waals surface area contributed by atoms with Gasteiger partial charge in [-0.3, -0.25) is 0 Å². The van der Waals surface area contributed by atoms with E-state index in [2.05, 4.69) is 28.8 Å². The Labute approximate surface area is 208 Å². The van der Waals surface area contributed by atoms with Crippen molar-refractivity contribution >= 4 is 17.1 Å². The standard InChI is InChI=1S/C26H31NO9/c1-3-15-8-10-16(11-9-15)12-17-13-27-18-6-5-7-19(21(17)18)36-26(32)23(29)22(28)20(35-24(26)30)14-34-25(31)33-4-2/h5-11,13,20,22-24,27-30,32H,3-4,12,14H2,1-2H3/t20-,22-,23+,24-,26+/m1/s1. The third-order valence-electron chi connectivity index (χ3n) is 6.26. The molecule has 10 nitrogen and oxygen atoms in total. The number of aromatic nitrogens is 1. The summed E-state index contributed by atoms with van der Waals surface area (Å²) in [7, 11) is 0. The maximum atomic E-state index is 11.4. The number of ether oxygens (including phenoxy) is 4. The van der Waals surface area contributed by atoms with E-state index in [0.29, 0.717) is 11.8 Å². The molecular formula is C26H31NO9. The van der Waals surface area contributed by atoms with Gasteiger partial charge in [0, 0.05) is 17.1 Å². The van der Waals surface area contributed by atoms with Crippen molar-refractivity contribution in [3.8, 4) is 5.75 Å². The van der Waals surface area contributed by atoms with Crippen LogP contribution in [0.3, 0.4) is 0 Å². The summed E-state index contributed by atoms with van der Waals surface area (Å²) in [6, 6.07) is 13.3. The summed E-state index contributed by atoms with van der Waals surface area (Å²) in [6.45, 7) is 3.26. The number of carbonyl (C=O) groups is 1. The van der Waals surface area contributed by atoms with E-state index in [1.807, 2.05) is 24.4 Å². The number of hydrogen-bond donors (Lipinski definition) is 5. The fraction of sp³-hybridized carbons (Fsp3) is 0.423. The minimum absolute atomic E-state index is 0.0858. The van der Waals surface area contributed by atoms with E-state index in [1.165, 1.54) is 5.56 Å². The molecule has 1 aliphatic rings. The predicted octanol–water partition coefficient (Wildman–Crippen LogP) is 2.00. The molecule has 2 heterocycles. The molecule has 2 aromatic carbocycles. The Bertz CT molecular complexity index is 1180. The van der Waals surface area contributed by atoms with Crippen molar-refractivity contribution in [2.75, 3.05) is 13.2 Å². The van der Waals surface area contributed by atoms with Gasteiger partial charge < -0.3 is 44.4 Å². The van der Waals surface area contributed by atoms with Crippen LogP contribution in [0.2, 0.25) is 0 Å². The third kappa shape index (κ3) is 5.18. The zero-order valence-corrected chi connectivity index (χ0v) is 20.1. The van der Waals surface area contributed by atoms with E-state index < -0.39 is 43.2 Å². The molecule has 0 saturated carbocycles. The van der Waals surface area contributed by atoms with Crippen LogP contribution in [0, 0.1) is 0 Å². The largest absolute Gasteiger partial charge is 0.508 e. The average Bonchev–Trinajstić information content (AvgIpc) is 3.29. The fourth-order valence-electron chi connectivity index (χ4n) is 4.23. The van der Waals surface area contributed by atoms with Gasteiger partial charge in [0.2, 0.25) is 6.29 Å². The molecule has 1 aliphatic heterocycles. The van der Waals surface area contributed by atoms with Gasteiger partial charge in [-0.25, -0.2) is 4.79 Å². The molecule has 194 valence electrons. The Morgan fingerprint density at radius 3 is 2.47 bits per heavy atom. The van der Waals surface area contributed by atoms with Gasteiger partial charge in [-0.2, -0.15) is 0 Å². The first-order valence-corrected chi connectivity index (χ1v) is 11.8. The maximum absolute atomic E-state index is 11.4.